The van der Waals surface area contributed by atoms with Crippen molar-refractivity contribution in [1.82, 2.24) is 24.5 Å². The molecule has 2 aromatic carbocycles. The van der Waals surface area contributed by atoms with E-state index in [-0.39, 0.29) is 24.3 Å². The lowest BCUT2D eigenvalue weighted by atomic mass is 10.2. The van der Waals surface area contributed by atoms with Crippen LogP contribution >= 0.6 is 11.6 Å². The van der Waals surface area contributed by atoms with Crippen molar-refractivity contribution in [1.29, 1.82) is 0 Å². The quantitative estimate of drug-likeness (QED) is 0.384. The maximum absolute atomic E-state index is 13.5. The van der Waals surface area contributed by atoms with Gasteiger partial charge < -0.3 is 13.8 Å². The number of pyridine rings is 1. The zero-order chi connectivity index (χ0) is 23.7. The van der Waals surface area contributed by atoms with Gasteiger partial charge in [0.2, 0.25) is 5.89 Å². The fraction of sp³-hybridized carbons (Fsp3) is 0.167. The van der Waals surface area contributed by atoms with Crippen LogP contribution in [0.1, 0.15) is 23.0 Å². The van der Waals surface area contributed by atoms with Gasteiger partial charge in [-0.3, -0.25) is 14.7 Å². The summed E-state index contributed by atoms with van der Waals surface area (Å²) in [7, 11) is 0. The normalized spacial score (nSPS) is 11.4. The van der Waals surface area contributed by atoms with Gasteiger partial charge in [0.05, 0.1) is 47.1 Å². The van der Waals surface area contributed by atoms with Crippen LogP contribution in [0.5, 0.6) is 0 Å². The minimum absolute atomic E-state index is 0.0217. The summed E-state index contributed by atoms with van der Waals surface area (Å²) in [6.45, 7) is 2.04. The molecule has 0 saturated heterocycles. The van der Waals surface area contributed by atoms with Gasteiger partial charge >= 0.3 is 0 Å². The molecule has 0 aliphatic carbocycles. The Balaban J connectivity index is 1.63. The van der Waals surface area contributed by atoms with E-state index in [1.807, 2.05) is 30.3 Å². The molecule has 0 amide bonds. The average molecular weight is 478 g/mol. The van der Waals surface area contributed by atoms with E-state index >= 15 is 0 Å². The maximum atomic E-state index is 13.5. The number of halogens is 1. The first-order valence-electron chi connectivity index (χ1n) is 10.5. The van der Waals surface area contributed by atoms with E-state index in [9.17, 15) is 9.59 Å². The van der Waals surface area contributed by atoms with Crippen molar-refractivity contribution in [3.8, 4) is 5.69 Å². The third-order valence-corrected chi connectivity index (χ3v) is 5.70. The molecule has 5 aromatic rings. The van der Waals surface area contributed by atoms with E-state index in [1.165, 1.54) is 15.3 Å². The Hall–Kier alpha value is -3.95. The monoisotopic (exact) mass is 477 g/mol. The maximum Gasteiger partial charge on any atom is 0.281 e. The second kappa shape index (κ2) is 9.12. The smallest absolute Gasteiger partial charge is 0.281 e. The largest absolute Gasteiger partial charge is 0.371 e. The number of nitrogens with one attached hydrogen (secondary N) is 1. The van der Waals surface area contributed by atoms with Crippen LogP contribution in [0.3, 0.4) is 0 Å². The van der Waals surface area contributed by atoms with E-state index in [4.69, 9.17) is 20.9 Å². The Morgan fingerprint density at radius 1 is 1.06 bits per heavy atom. The molecular weight excluding hydrogens is 458 g/mol. The number of nitrogens with zero attached hydrogens (tertiary/aromatic N) is 4. The Morgan fingerprint density at radius 2 is 1.82 bits per heavy atom. The SMILES string of the molecule is Cc1nc(Cn2c(COCc3ccccc3)c3c(=O)n(-c4ccccc4Cl)[nH]c3cc2=O)no1. The van der Waals surface area contributed by atoms with Gasteiger partial charge in [-0.1, -0.05) is 59.2 Å². The van der Waals surface area contributed by atoms with E-state index in [2.05, 4.69) is 15.2 Å². The van der Waals surface area contributed by atoms with E-state index in [0.717, 1.165) is 5.56 Å². The molecule has 3 heterocycles. The Kier molecular flexibility index (Phi) is 5.87. The molecule has 0 aliphatic rings. The Morgan fingerprint density at radius 3 is 2.56 bits per heavy atom. The first-order valence-corrected chi connectivity index (χ1v) is 10.9. The third kappa shape index (κ3) is 4.18. The molecule has 3 aromatic heterocycles. The first kappa shape index (κ1) is 21.9. The van der Waals surface area contributed by atoms with Crippen LogP contribution in [0.15, 0.2) is 74.8 Å². The molecule has 1 N–H and O–H groups in total. The van der Waals surface area contributed by atoms with Crippen molar-refractivity contribution >= 4 is 22.5 Å². The summed E-state index contributed by atoms with van der Waals surface area (Å²) in [6.07, 6.45) is 0. The molecule has 0 fully saturated rings. The van der Waals surface area contributed by atoms with Gasteiger partial charge in [-0.05, 0) is 17.7 Å². The Labute approximate surface area is 198 Å². The number of H-pyrrole nitrogens is 1. The fourth-order valence-electron chi connectivity index (χ4n) is 3.82. The van der Waals surface area contributed by atoms with Gasteiger partial charge in [-0.25, -0.2) is 4.68 Å². The number of rotatable bonds is 7. The molecule has 9 nitrogen and oxygen atoms in total. The number of hydrogen-bond donors (Lipinski definition) is 1. The lowest BCUT2D eigenvalue weighted by molar-refractivity contribution is 0.103. The van der Waals surface area contributed by atoms with Gasteiger partial charge in [-0.15, -0.1) is 0 Å². The van der Waals surface area contributed by atoms with Crippen molar-refractivity contribution in [2.24, 2.45) is 0 Å². The molecular formula is C24H20ClN5O4. The summed E-state index contributed by atoms with van der Waals surface area (Å²) in [4.78, 5) is 30.8. The lowest BCUT2D eigenvalue weighted by Gasteiger charge is -2.12. The molecule has 172 valence electrons. The van der Waals surface area contributed by atoms with Gasteiger partial charge in [-0.2, -0.15) is 4.98 Å². The summed E-state index contributed by atoms with van der Waals surface area (Å²) >= 11 is 6.32. The van der Waals surface area contributed by atoms with Crippen LogP contribution in [0, 0.1) is 6.92 Å². The summed E-state index contributed by atoms with van der Waals surface area (Å²) < 4.78 is 13.7. The summed E-state index contributed by atoms with van der Waals surface area (Å²) in [6, 6.07) is 18.0. The third-order valence-electron chi connectivity index (χ3n) is 5.38. The molecule has 0 unspecified atom stereocenters. The van der Waals surface area contributed by atoms with Crippen LogP contribution in [-0.2, 0) is 24.5 Å². The van der Waals surface area contributed by atoms with E-state index in [1.54, 1.807) is 31.2 Å². The van der Waals surface area contributed by atoms with Crippen LogP contribution < -0.4 is 11.1 Å². The average Bonchev–Trinajstić information content (AvgIpc) is 3.39. The minimum Gasteiger partial charge on any atom is -0.371 e. The van der Waals surface area contributed by atoms with Gasteiger partial charge in [0, 0.05) is 13.0 Å². The summed E-state index contributed by atoms with van der Waals surface area (Å²) in [5.41, 5.74) is 1.57. The number of para-hydroxylation sites is 1. The number of aryl methyl sites for hydroxylation is 1. The molecule has 5 rings (SSSR count). The zero-order valence-corrected chi connectivity index (χ0v) is 19.0. The molecule has 0 radical (unpaired) electrons. The molecule has 0 saturated carbocycles. The van der Waals surface area contributed by atoms with Gasteiger partial charge in [0.25, 0.3) is 11.1 Å². The molecule has 34 heavy (non-hydrogen) atoms. The van der Waals surface area contributed by atoms with Crippen molar-refractivity contribution in [3.05, 3.63) is 109 Å². The molecule has 0 aliphatic heterocycles. The van der Waals surface area contributed by atoms with Crippen LogP contribution in [0.25, 0.3) is 16.6 Å². The predicted molar refractivity (Wildman–Crippen MR) is 126 cm³/mol. The molecule has 0 atom stereocenters. The summed E-state index contributed by atoms with van der Waals surface area (Å²) in [5.74, 6) is 0.707. The van der Waals surface area contributed by atoms with E-state index < -0.39 is 0 Å². The van der Waals surface area contributed by atoms with E-state index in [0.29, 0.717) is 45.6 Å². The first-order chi connectivity index (χ1) is 16.5. The lowest BCUT2D eigenvalue weighted by Crippen LogP contribution is -2.26. The molecule has 0 bridgehead atoms. The molecule has 0 spiro atoms. The fourth-order valence-corrected chi connectivity index (χ4v) is 4.04. The highest BCUT2D eigenvalue weighted by atomic mass is 35.5. The Bertz CT molecular complexity index is 1580. The van der Waals surface area contributed by atoms with Gasteiger partial charge in [0.15, 0.2) is 5.82 Å². The minimum atomic E-state index is -0.348. The second-order valence-electron chi connectivity index (χ2n) is 7.72. The van der Waals surface area contributed by atoms with Gasteiger partial charge in [0.1, 0.15) is 0 Å². The number of aromatic amines is 1. The topological polar surface area (TPSA) is 108 Å². The van der Waals surface area contributed by atoms with Crippen molar-refractivity contribution in [3.63, 3.8) is 0 Å². The summed E-state index contributed by atoms with van der Waals surface area (Å²) in [5, 5.41) is 7.62. The van der Waals surface area contributed by atoms with Crippen LogP contribution in [-0.4, -0.2) is 24.5 Å². The number of hydrogen-bond acceptors (Lipinski definition) is 6. The van der Waals surface area contributed by atoms with Crippen molar-refractivity contribution < 1.29 is 9.26 Å². The highest BCUT2D eigenvalue weighted by molar-refractivity contribution is 6.32. The van der Waals surface area contributed by atoms with Crippen molar-refractivity contribution in [2.45, 2.75) is 26.7 Å². The number of benzene rings is 2. The number of fused-ring (bicyclic) bond motifs is 1. The van der Waals surface area contributed by atoms with Crippen molar-refractivity contribution in [2.75, 3.05) is 0 Å². The molecule has 10 heteroatoms. The van der Waals surface area contributed by atoms with Crippen LogP contribution in [0.2, 0.25) is 5.02 Å². The number of ether oxygens (including phenoxy) is 1. The highest BCUT2D eigenvalue weighted by Crippen LogP contribution is 2.21. The zero-order valence-electron chi connectivity index (χ0n) is 18.2. The highest BCUT2D eigenvalue weighted by Gasteiger charge is 2.20. The second-order valence-corrected chi connectivity index (χ2v) is 8.12. The number of aromatic nitrogens is 5. The van der Waals surface area contributed by atoms with Crippen LogP contribution in [0.4, 0.5) is 0 Å². The standard InChI is InChI=1S/C24H20ClN5O4/c1-15-26-21(28-34-15)12-29-20(14-33-13-16-7-3-2-4-8-16)23-18(11-22(29)31)27-30(24(23)32)19-10-6-5-9-17(19)25/h2-11,27H,12-14H2,1H3. The predicted octanol–water partition coefficient (Wildman–Crippen LogP) is 3.59.